The molecule has 0 radical (unpaired) electrons. The van der Waals surface area contributed by atoms with Gasteiger partial charge in [0.2, 0.25) is 0 Å². The van der Waals surface area contributed by atoms with Gasteiger partial charge in [-0.3, -0.25) is 9.71 Å². The highest BCUT2D eigenvalue weighted by Crippen LogP contribution is 2.28. The van der Waals surface area contributed by atoms with Crippen LogP contribution in [0.15, 0.2) is 73.1 Å². The number of pyridine rings is 2. The third-order valence-corrected chi connectivity index (χ3v) is 5.49. The summed E-state index contributed by atoms with van der Waals surface area (Å²) in [6.45, 7) is 1.42. The van der Waals surface area contributed by atoms with Crippen LogP contribution in [0, 0.1) is 0 Å². The van der Waals surface area contributed by atoms with E-state index in [1.165, 1.54) is 7.11 Å². The van der Waals surface area contributed by atoms with Crippen molar-refractivity contribution in [1.82, 2.24) is 14.7 Å². The highest BCUT2D eigenvalue weighted by molar-refractivity contribution is 7.96. The number of hydrogen-bond acceptors (Lipinski definition) is 7. The molecule has 0 aliphatic rings. The SMILES string of the molecule is COC(=O)c1cc(-c2ccc(-c3ccc(OCCNSC)cc3)cc2)nc2ccncc12. The van der Waals surface area contributed by atoms with Crippen molar-refractivity contribution in [2.75, 3.05) is 26.5 Å². The number of aromatic nitrogens is 2. The van der Waals surface area contributed by atoms with E-state index in [1.807, 2.05) is 54.8 Å². The fraction of sp³-hybridized carbons (Fsp3) is 0.160. The number of carbonyl (C=O) groups is 1. The number of nitrogens with one attached hydrogen (secondary N) is 1. The lowest BCUT2D eigenvalue weighted by molar-refractivity contribution is 0.0603. The Morgan fingerprint density at radius 3 is 2.38 bits per heavy atom. The van der Waals surface area contributed by atoms with Crippen LogP contribution < -0.4 is 9.46 Å². The average molecular weight is 446 g/mol. The maximum Gasteiger partial charge on any atom is 0.338 e. The van der Waals surface area contributed by atoms with Gasteiger partial charge in [0.05, 0.1) is 23.9 Å². The van der Waals surface area contributed by atoms with E-state index in [4.69, 9.17) is 14.5 Å². The second kappa shape index (κ2) is 10.3. The molecule has 7 heteroatoms. The molecule has 4 rings (SSSR count). The molecular formula is C25H23N3O3S. The van der Waals surface area contributed by atoms with Gasteiger partial charge in [-0.15, -0.1) is 0 Å². The Morgan fingerprint density at radius 1 is 1.00 bits per heavy atom. The van der Waals surface area contributed by atoms with Gasteiger partial charge in [-0.25, -0.2) is 9.78 Å². The zero-order chi connectivity index (χ0) is 22.3. The van der Waals surface area contributed by atoms with Gasteiger partial charge in [0, 0.05) is 29.9 Å². The molecule has 2 aromatic carbocycles. The smallest absolute Gasteiger partial charge is 0.338 e. The van der Waals surface area contributed by atoms with Gasteiger partial charge in [-0.1, -0.05) is 48.3 Å². The molecule has 2 aromatic heterocycles. The van der Waals surface area contributed by atoms with Crippen molar-refractivity contribution in [3.05, 3.63) is 78.6 Å². The lowest BCUT2D eigenvalue weighted by Gasteiger charge is -2.10. The fourth-order valence-corrected chi connectivity index (χ4v) is 3.67. The van der Waals surface area contributed by atoms with Crippen LogP contribution >= 0.6 is 11.9 Å². The van der Waals surface area contributed by atoms with Crippen molar-refractivity contribution in [2.24, 2.45) is 0 Å². The fourth-order valence-electron chi connectivity index (χ4n) is 3.39. The molecule has 6 nitrogen and oxygen atoms in total. The van der Waals surface area contributed by atoms with E-state index >= 15 is 0 Å². The highest BCUT2D eigenvalue weighted by Gasteiger charge is 2.14. The molecule has 162 valence electrons. The maximum atomic E-state index is 12.3. The van der Waals surface area contributed by atoms with Crippen LogP contribution in [-0.2, 0) is 4.74 Å². The van der Waals surface area contributed by atoms with Crippen LogP contribution in [0.2, 0.25) is 0 Å². The lowest BCUT2D eigenvalue weighted by Crippen LogP contribution is -2.13. The normalized spacial score (nSPS) is 10.8. The molecule has 0 spiro atoms. The predicted molar refractivity (Wildman–Crippen MR) is 129 cm³/mol. The Labute approximate surface area is 191 Å². The number of fused-ring (bicyclic) bond motifs is 1. The third-order valence-electron chi connectivity index (χ3n) is 5.00. The number of ether oxygens (including phenoxy) is 2. The Balaban J connectivity index is 1.56. The van der Waals surface area contributed by atoms with E-state index in [-0.39, 0.29) is 0 Å². The van der Waals surface area contributed by atoms with Crippen molar-refractivity contribution in [3.63, 3.8) is 0 Å². The lowest BCUT2D eigenvalue weighted by atomic mass is 10.0. The summed E-state index contributed by atoms with van der Waals surface area (Å²) >= 11 is 1.58. The van der Waals surface area contributed by atoms with E-state index in [2.05, 4.69) is 9.71 Å². The number of carbonyl (C=O) groups excluding carboxylic acids is 1. The number of nitrogens with zero attached hydrogens (tertiary/aromatic N) is 2. The molecule has 2 heterocycles. The zero-order valence-electron chi connectivity index (χ0n) is 17.9. The van der Waals surface area contributed by atoms with Crippen molar-refractivity contribution < 1.29 is 14.3 Å². The monoisotopic (exact) mass is 445 g/mol. The number of rotatable bonds is 8. The van der Waals surface area contributed by atoms with Crippen LogP contribution in [0.4, 0.5) is 0 Å². The molecule has 32 heavy (non-hydrogen) atoms. The summed E-state index contributed by atoms with van der Waals surface area (Å²) in [5, 5.41) is 0.672. The van der Waals surface area contributed by atoms with E-state index in [1.54, 1.807) is 36.5 Å². The Morgan fingerprint density at radius 2 is 1.69 bits per heavy atom. The van der Waals surface area contributed by atoms with Crippen molar-refractivity contribution in [3.8, 4) is 28.1 Å². The average Bonchev–Trinajstić information content (AvgIpc) is 2.86. The van der Waals surface area contributed by atoms with Crippen LogP contribution in [0.1, 0.15) is 10.4 Å². The van der Waals surface area contributed by atoms with Gasteiger partial charge >= 0.3 is 5.97 Å². The second-order valence-corrected chi connectivity index (χ2v) is 7.69. The molecule has 0 amide bonds. The first-order valence-electron chi connectivity index (χ1n) is 10.1. The van der Waals surface area contributed by atoms with E-state index in [9.17, 15) is 4.79 Å². The number of esters is 1. The molecule has 0 saturated carbocycles. The molecule has 0 aliphatic heterocycles. The van der Waals surface area contributed by atoms with Crippen molar-refractivity contribution >= 4 is 28.8 Å². The molecule has 0 saturated heterocycles. The van der Waals surface area contributed by atoms with E-state index < -0.39 is 5.97 Å². The summed E-state index contributed by atoms with van der Waals surface area (Å²) in [6.07, 6.45) is 5.29. The minimum absolute atomic E-state index is 0.408. The third kappa shape index (κ3) is 4.90. The quantitative estimate of drug-likeness (QED) is 0.232. The van der Waals surface area contributed by atoms with Crippen LogP contribution in [0.3, 0.4) is 0 Å². The summed E-state index contributed by atoms with van der Waals surface area (Å²) in [6, 6.07) is 19.7. The standard InChI is InChI=1S/C25H23N3O3S/c1-30-25(29)21-15-24(28-23-11-12-26-16-22(21)23)19-5-3-17(4-6-19)18-7-9-20(10-8-18)31-14-13-27-32-2/h3-12,15-16,27H,13-14H2,1-2H3. The number of hydrogen-bond donors (Lipinski definition) is 1. The van der Waals surface area contributed by atoms with Crippen LogP contribution in [0.25, 0.3) is 33.3 Å². The van der Waals surface area contributed by atoms with E-state index in [0.29, 0.717) is 28.8 Å². The summed E-state index contributed by atoms with van der Waals surface area (Å²) < 4.78 is 13.8. The second-order valence-electron chi connectivity index (χ2n) is 6.99. The molecule has 0 fully saturated rings. The predicted octanol–water partition coefficient (Wildman–Crippen LogP) is 5.00. The van der Waals surface area contributed by atoms with Gasteiger partial charge < -0.3 is 9.47 Å². The topological polar surface area (TPSA) is 73.3 Å². The molecule has 0 atom stereocenters. The largest absolute Gasteiger partial charge is 0.492 e. The number of benzene rings is 2. The Hall–Kier alpha value is -3.42. The van der Waals surface area contributed by atoms with Gasteiger partial charge in [-0.2, -0.15) is 0 Å². The van der Waals surface area contributed by atoms with Crippen LogP contribution in [0.5, 0.6) is 5.75 Å². The summed E-state index contributed by atoms with van der Waals surface area (Å²) in [4.78, 5) is 21.1. The van der Waals surface area contributed by atoms with Crippen LogP contribution in [-0.4, -0.2) is 42.5 Å². The molecule has 0 bridgehead atoms. The molecular weight excluding hydrogens is 422 g/mol. The minimum atomic E-state index is -0.408. The van der Waals surface area contributed by atoms with E-state index in [0.717, 1.165) is 29.0 Å². The van der Waals surface area contributed by atoms with Gasteiger partial charge in [-0.05, 0) is 41.6 Å². The molecule has 4 aromatic rings. The van der Waals surface area contributed by atoms with Gasteiger partial charge in [0.15, 0.2) is 0 Å². The van der Waals surface area contributed by atoms with Gasteiger partial charge in [0.1, 0.15) is 12.4 Å². The zero-order valence-corrected chi connectivity index (χ0v) is 18.7. The van der Waals surface area contributed by atoms with Crippen molar-refractivity contribution in [1.29, 1.82) is 0 Å². The summed E-state index contributed by atoms with van der Waals surface area (Å²) in [7, 11) is 1.37. The number of methoxy groups -OCH3 is 1. The summed E-state index contributed by atoms with van der Waals surface area (Å²) in [5.74, 6) is 0.438. The Bertz CT molecular complexity index is 1210. The Kier molecular flexibility index (Phi) is 6.99. The first kappa shape index (κ1) is 21.8. The minimum Gasteiger partial charge on any atom is -0.492 e. The van der Waals surface area contributed by atoms with Gasteiger partial charge in [0.25, 0.3) is 0 Å². The van der Waals surface area contributed by atoms with Crippen molar-refractivity contribution in [2.45, 2.75) is 0 Å². The molecule has 0 aliphatic carbocycles. The summed E-state index contributed by atoms with van der Waals surface area (Å²) in [5.41, 5.74) is 4.96. The highest BCUT2D eigenvalue weighted by atomic mass is 32.2. The first-order chi connectivity index (χ1) is 15.7. The molecule has 0 unspecified atom stereocenters. The first-order valence-corrected chi connectivity index (χ1v) is 11.3. The maximum absolute atomic E-state index is 12.3. The molecule has 1 N–H and O–H groups in total.